The molecule has 5 rings (SSSR count). The van der Waals surface area contributed by atoms with Gasteiger partial charge >= 0.3 is 12.1 Å². The summed E-state index contributed by atoms with van der Waals surface area (Å²) < 4.78 is 52.9. The number of benzene rings is 3. The van der Waals surface area contributed by atoms with Crippen LogP contribution in [0.1, 0.15) is 37.0 Å². The van der Waals surface area contributed by atoms with Crippen molar-refractivity contribution in [2.45, 2.75) is 53.0 Å². The number of rotatable bonds is 12. The summed E-state index contributed by atoms with van der Waals surface area (Å²) in [6.45, 7) is 10.1. The van der Waals surface area contributed by atoms with Crippen molar-refractivity contribution < 1.29 is 32.2 Å². The molecule has 0 bridgehead atoms. The second-order valence-electron chi connectivity index (χ2n) is 11.4. The summed E-state index contributed by atoms with van der Waals surface area (Å²) in [6.07, 6.45) is -3.49. The van der Waals surface area contributed by atoms with E-state index < -0.39 is 24.7 Å². The van der Waals surface area contributed by atoms with Crippen LogP contribution in [0.4, 0.5) is 29.3 Å². The topological polar surface area (TPSA) is 111 Å². The van der Waals surface area contributed by atoms with Gasteiger partial charge in [0.25, 0.3) is 0 Å². The molecular formula is C35H35F3N6O4S. The lowest BCUT2D eigenvalue weighted by atomic mass is 10.1. The molecule has 1 saturated heterocycles. The van der Waals surface area contributed by atoms with Gasteiger partial charge in [0, 0.05) is 23.2 Å². The zero-order valence-electron chi connectivity index (χ0n) is 27.4. The molecule has 1 aromatic heterocycles. The molecule has 4 aromatic rings. The number of amides is 3. The van der Waals surface area contributed by atoms with E-state index in [-0.39, 0.29) is 35.8 Å². The molecule has 1 fully saturated rings. The van der Waals surface area contributed by atoms with E-state index in [1.54, 1.807) is 49.4 Å². The normalized spacial score (nSPS) is 14.7. The van der Waals surface area contributed by atoms with Crippen LogP contribution in [0.5, 0.6) is 5.75 Å². The SMILES string of the molecule is C=C(C)C(F)COCc1ccc(C)cc1N1C(=O)CS/C1=N\C(=O)Nc1ccc(-c2ncn(-c3ccc(OC(F)(F)CC)cc3)n2)cc1C. The first-order chi connectivity index (χ1) is 23.3. The lowest BCUT2D eigenvalue weighted by Crippen LogP contribution is -2.31. The summed E-state index contributed by atoms with van der Waals surface area (Å²) in [6, 6.07) is 16.1. The molecule has 1 N–H and O–H groups in total. The Morgan fingerprint density at radius 1 is 1.14 bits per heavy atom. The minimum absolute atomic E-state index is 0.0390. The number of amidine groups is 1. The number of nitrogens with one attached hydrogen (secondary N) is 1. The van der Waals surface area contributed by atoms with E-state index in [1.807, 2.05) is 19.9 Å². The van der Waals surface area contributed by atoms with Crippen LogP contribution in [-0.2, 0) is 16.1 Å². The fraction of sp³-hybridized carbons (Fsp3) is 0.286. The maximum atomic E-state index is 14.0. The van der Waals surface area contributed by atoms with Crippen LogP contribution in [-0.4, -0.2) is 56.5 Å². The van der Waals surface area contributed by atoms with Gasteiger partial charge in [-0.05, 0) is 86.0 Å². The van der Waals surface area contributed by atoms with Crippen molar-refractivity contribution in [1.82, 2.24) is 14.8 Å². The third-order valence-corrected chi connectivity index (χ3v) is 8.42. The molecule has 49 heavy (non-hydrogen) atoms. The molecule has 14 heteroatoms. The van der Waals surface area contributed by atoms with Crippen LogP contribution in [0.2, 0.25) is 0 Å². The molecule has 0 saturated carbocycles. The van der Waals surface area contributed by atoms with Gasteiger partial charge in [0.1, 0.15) is 18.2 Å². The summed E-state index contributed by atoms with van der Waals surface area (Å²) in [5.41, 5.74) is 4.91. The minimum atomic E-state index is -3.25. The summed E-state index contributed by atoms with van der Waals surface area (Å²) in [4.78, 5) is 36.1. The number of ether oxygens (including phenoxy) is 2. The van der Waals surface area contributed by atoms with Crippen molar-refractivity contribution in [3.63, 3.8) is 0 Å². The maximum Gasteiger partial charge on any atom is 0.397 e. The van der Waals surface area contributed by atoms with Gasteiger partial charge in [-0.3, -0.25) is 9.69 Å². The number of thioether (sulfide) groups is 1. The number of aryl methyl sites for hydroxylation is 2. The predicted octanol–water partition coefficient (Wildman–Crippen LogP) is 8.03. The number of hydrogen-bond acceptors (Lipinski definition) is 7. The monoisotopic (exact) mass is 692 g/mol. The molecule has 1 aliphatic rings. The highest BCUT2D eigenvalue weighted by molar-refractivity contribution is 8.15. The van der Waals surface area contributed by atoms with Crippen molar-refractivity contribution in [2.75, 3.05) is 22.6 Å². The molecule has 1 atom stereocenters. The van der Waals surface area contributed by atoms with Crippen LogP contribution in [0.25, 0.3) is 17.1 Å². The van der Waals surface area contributed by atoms with Gasteiger partial charge in [0.15, 0.2) is 11.0 Å². The van der Waals surface area contributed by atoms with Crippen LogP contribution < -0.4 is 15.0 Å². The van der Waals surface area contributed by atoms with Crippen molar-refractivity contribution in [1.29, 1.82) is 0 Å². The van der Waals surface area contributed by atoms with E-state index in [0.29, 0.717) is 45.2 Å². The van der Waals surface area contributed by atoms with Gasteiger partial charge in [-0.1, -0.05) is 37.4 Å². The van der Waals surface area contributed by atoms with Crippen molar-refractivity contribution in [3.05, 3.63) is 95.8 Å². The second kappa shape index (κ2) is 15.1. The average molecular weight is 693 g/mol. The van der Waals surface area contributed by atoms with Gasteiger partial charge in [-0.25, -0.2) is 18.9 Å². The molecule has 3 amide bonds. The number of carbonyl (C=O) groups is 2. The fourth-order valence-corrected chi connectivity index (χ4v) is 5.56. The Bertz CT molecular complexity index is 1900. The zero-order valence-corrected chi connectivity index (χ0v) is 28.2. The zero-order chi connectivity index (χ0) is 35.3. The molecule has 2 heterocycles. The summed E-state index contributed by atoms with van der Waals surface area (Å²) in [7, 11) is 0. The average Bonchev–Trinajstić information content (AvgIpc) is 3.70. The molecule has 0 spiro atoms. The summed E-state index contributed by atoms with van der Waals surface area (Å²) >= 11 is 1.14. The lowest BCUT2D eigenvalue weighted by molar-refractivity contribution is -0.177. The number of halogens is 3. The predicted molar refractivity (Wildman–Crippen MR) is 184 cm³/mol. The third kappa shape index (κ3) is 8.75. The van der Waals surface area contributed by atoms with Gasteiger partial charge in [0.05, 0.1) is 30.3 Å². The first-order valence-corrected chi connectivity index (χ1v) is 16.3. The van der Waals surface area contributed by atoms with Gasteiger partial charge < -0.3 is 14.8 Å². The Labute approximate surface area is 286 Å². The number of carbonyl (C=O) groups excluding carboxylic acids is 2. The first-order valence-electron chi connectivity index (χ1n) is 15.4. The Morgan fingerprint density at radius 2 is 1.90 bits per heavy atom. The third-order valence-electron chi connectivity index (χ3n) is 7.50. The molecule has 1 aliphatic heterocycles. The number of anilines is 2. The molecule has 0 aliphatic carbocycles. The van der Waals surface area contributed by atoms with Gasteiger partial charge in [-0.2, -0.15) is 13.8 Å². The Morgan fingerprint density at radius 3 is 2.59 bits per heavy atom. The Hall–Kier alpha value is -4.95. The van der Waals surface area contributed by atoms with Crippen LogP contribution >= 0.6 is 11.8 Å². The second-order valence-corrected chi connectivity index (χ2v) is 12.4. The Balaban J connectivity index is 1.27. The van der Waals surface area contributed by atoms with Gasteiger partial charge in [0.2, 0.25) is 5.91 Å². The van der Waals surface area contributed by atoms with Gasteiger partial charge in [-0.15, -0.1) is 5.10 Å². The molecule has 1 unspecified atom stereocenters. The minimum Gasteiger partial charge on any atom is -0.433 e. The van der Waals surface area contributed by atoms with E-state index in [4.69, 9.17) is 9.47 Å². The van der Waals surface area contributed by atoms with Crippen molar-refractivity contribution in [2.24, 2.45) is 4.99 Å². The maximum absolute atomic E-state index is 14.0. The summed E-state index contributed by atoms with van der Waals surface area (Å²) in [5.74, 6) is 0.304. The van der Waals surface area contributed by atoms with E-state index in [2.05, 4.69) is 27.0 Å². The first kappa shape index (κ1) is 35.4. The van der Waals surface area contributed by atoms with Crippen LogP contribution in [0, 0.1) is 13.8 Å². The highest BCUT2D eigenvalue weighted by atomic mass is 32.2. The Kier molecular flexibility index (Phi) is 10.9. The molecule has 3 aromatic carbocycles. The quantitative estimate of drug-likeness (QED) is 0.150. The molecule has 10 nitrogen and oxygen atoms in total. The van der Waals surface area contributed by atoms with Crippen molar-refractivity contribution >= 4 is 40.2 Å². The number of aliphatic imine (C=N–C) groups is 1. The molecule has 256 valence electrons. The van der Waals surface area contributed by atoms with Crippen LogP contribution in [0.3, 0.4) is 0 Å². The smallest absolute Gasteiger partial charge is 0.397 e. The fourth-order valence-electron chi connectivity index (χ4n) is 4.70. The van der Waals surface area contributed by atoms with E-state index in [0.717, 1.165) is 17.3 Å². The summed E-state index contributed by atoms with van der Waals surface area (Å²) in [5, 5.41) is 7.49. The highest BCUT2D eigenvalue weighted by Crippen LogP contribution is 2.32. The standard InChI is InChI=1S/C35H35F3N6O4S/c1-6-35(37,38)48-27-12-10-26(11-13-27)43-20-39-32(42-43)24-9-14-29(23(5)16-24)40-33(46)41-34-44(31(45)19-49-34)30-15-22(4)7-8-25(30)17-47-18-28(36)21(2)3/h7-16,20,28H,2,6,17-19H2,1,3-5H3,(H,40,46)/b41-34-. The number of alkyl halides is 3. The number of aromatic nitrogens is 3. The number of hydrogen-bond donors (Lipinski definition) is 1. The largest absolute Gasteiger partial charge is 0.433 e. The lowest BCUT2D eigenvalue weighted by Gasteiger charge is -2.21. The number of urea groups is 1. The molecular weight excluding hydrogens is 657 g/mol. The van der Waals surface area contributed by atoms with Crippen LogP contribution in [0.15, 0.2) is 84.1 Å². The van der Waals surface area contributed by atoms with E-state index in [1.165, 1.54) is 35.0 Å². The van der Waals surface area contributed by atoms with Crippen molar-refractivity contribution in [3.8, 4) is 22.8 Å². The van der Waals surface area contributed by atoms with E-state index in [9.17, 15) is 22.8 Å². The highest BCUT2D eigenvalue weighted by Gasteiger charge is 2.32. The molecule has 0 radical (unpaired) electrons. The number of nitrogens with zero attached hydrogens (tertiary/aromatic N) is 5. The van der Waals surface area contributed by atoms with E-state index >= 15 is 0 Å².